The van der Waals surface area contributed by atoms with Crippen molar-refractivity contribution in [2.24, 2.45) is 5.92 Å². The van der Waals surface area contributed by atoms with Gasteiger partial charge in [0.1, 0.15) is 11.4 Å². The zero-order valence-corrected chi connectivity index (χ0v) is 12.4. The van der Waals surface area contributed by atoms with Crippen molar-refractivity contribution in [3.63, 3.8) is 0 Å². The summed E-state index contributed by atoms with van der Waals surface area (Å²) < 4.78 is 5.23. The van der Waals surface area contributed by atoms with Crippen LogP contribution in [-0.4, -0.2) is 36.3 Å². The third-order valence-electron chi connectivity index (χ3n) is 3.19. The van der Waals surface area contributed by atoms with Gasteiger partial charge in [-0.2, -0.15) is 0 Å². The molecular formula is C15H23N3O2. The number of anilines is 1. The summed E-state index contributed by atoms with van der Waals surface area (Å²) in [7, 11) is 0. The van der Waals surface area contributed by atoms with E-state index in [-0.39, 0.29) is 6.09 Å². The van der Waals surface area contributed by atoms with E-state index in [0.29, 0.717) is 12.5 Å². The number of hydrogen-bond acceptors (Lipinski definition) is 4. The highest BCUT2D eigenvalue weighted by Crippen LogP contribution is 2.21. The summed E-state index contributed by atoms with van der Waals surface area (Å²) in [5, 5.41) is 2.84. The van der Waals surface area contributed by atoms with E-state index in [2.05, 4.69) is 15.2 Å². The molecule has 0 radical (unpaired) electrons. The number of alkyl carbamates (subject to hydrolysis) is 1. The molecule has 5 nitrogen and oxygen atoms in total. The average Bonchev–Trinajstić information content (AvgIpc) is 2.84. The smallest absolute Gasteiger partial charge is 0.407 e. The third kappa shape index (κ3) is 4.40. The quantitative estimate of drug-likeness (QED) is 0.922. The number of amides is 1. The van der Waals surface area contributed by atoms with Gasteiger partial charge in [0.15, 0.2) is 0 Å². The molecule has 0 spiro atoms. The molecule has 2 heterocycles. The number of ether oxygens (including phenoxy) is 1. The number of aromatic nitrogens is 1. The Morgan fingerprint density at radius 3 is 2.95 bits per heavy atom. The van der Waals surface area contributed by atoms with Crippen LogP contribution in [0.3, 0.4) is 0 Å². The summed E-state index contributed by atoms with van der Waals surface area (Å²) in [6.45, 7) is 8.16. The predicted octanol–water partition coefficient (Wildman–Crippen LogP) is 2.43. The monoisotopic (exact) mass is 277 g/mol. The highest BCUT2D eigenvalue weighted by molar-refractivity contribution is 5.67. The van der Waals surface area contributed by atoms with E-state index in [1.807, 2.05) is 45.2 Å². The minimum atomic E-state index is -0.445. The van der Waals surface area contributed by atoms with Crippen LogP contribution in [0.1, 0.15) is 27.2 Å². The molecule has 1 fully saturated rings. The Morgan fingerprint density at radius 2 is 2.30 bits per heavy atom. The topological polar surface area (TPSA) is 54.5 Å². The summed E-state index contributed by atoms with van der Waals surface area (Å²) in [5.41, 5.74) is -0.445. The van der Waals surface area contributed by atoms with Crippen LogP contribution in [0.15, 0.2) is 24.4 Å². The fourth-order valence-corrected chi connectivity index (χ4v) is 2.29. The van der Waals surface area contributed by atoms with Crippen LogP contribution < -0.4 is 10.2 Å². The Kier molecular flexibility index (Phi) is 4.47. The van der Waals surface area contributed by atoms with Crippen LogP contribution in [0, 0.1) is 5.92 Å². The number of rotatable bonds is 3. The van der Waals surface area contributed by atoms with Gasteiger partial charge in [0.2, 0.25) is 0 Å². The van der Waals surface area contributed by atoms with Gasteiger partial charge in [0, 0.05) is 25.8 Å². The van der Waals surface area contributed by atoms with Gasteiger partial charge in [0.25, 0.3) is 0 Å². The summed E-state index contributed by atoms with van der Waals surface area (Å²) in [5.74, 6) is 1.46. The summed E-state index contributed by atoms with van der Waals surface area (Å²) in [6, 6.07) is 5.93. The van der Waals surface area contributed by atoms with Gasteiger partial charge in [-0.05, 0) is 45.2 Å². The Balaban J connectivity index is 1.75. The standard InChI is InChI=1S/C15H23N3O2/c1-15(2,3)20-14(19)17-10-12-7-9-18(11-12)13-6-4-5-8-16-13/h4-6,8,12H,7,9-11H2,1-3H3,(H,17,19)/t12-/m1/s1. The third-order valence-corrected chi connectivity index (χ3v) is 3.19. The van der Waals surface area contributed by atoms with E-state index in [0.717, 1.165) is 25.3 Å². The number of hydrogen-bond donors (Lipinski definition) is 1. The Labute approximate surface area is 120 Å². The van der Waals surface area contributed by atoms with Crippen molar-refractivity contribution >= 4 is 11.9 Å². The van der Waals surface area contributed by atoms with Crippen LogP contribution in [0.5, 0.6) is 0 Å². The van der Waals surface area contributed by atoms with Gasteiger partial charge >= 0.3 is 6.09 Å². The van der Waals surface area contributed by atoms with Gasteiger partial charge in [-0.1, -0.05) is 6.07 Å². The Bertz CT molecular complexity index is 442. The fraction of sp³-hybridized carbons (Fsp3) is 0.600. The molecule has 5 heteroatoms. The molecule has 0 saturated carbocycles. The lowest BCUT2D eigenvalue weighted by Crippen LogP contribution is -2.36. The maximum Gasteiger partial charge on any atom is 0.407 e. The van der Waals surface area contributed by atoms with Crippen molar-refractivity contribution in [2.45, 2.75) is 32.8 Å². The predicted molar refractivity (Wildman–Crippen MR) is 78.8 cm³/mol. The van der Waals surface area contributed by atoms with Crippen molar-refractivity contribution in [3.05, 3.63) is 24.4 Å². The minimum absolute atomic E-state index is 0.339. The largest absolute Gasteiger partial charge is 0.444 e. The van der Waals surface area contributed by atoms with Crippen molar-refractivity contribution < 1.29 is 9.53 Å². The molecule has 0 unspecified atom stereocenters. The highest BCUT2D eigenvalue weighted by atomic mass is 16.6. The molecule has 0 aromatic carbocycles. The van der Waals surface area contributed by atoms with Gasteiger partial charge < -0.3 is 15.0 Å². The first-order chi connectivity index (χ1) is 9.44. The zero-order chi connectivity index (χ0) is 14.6. The molecule has 0 aliphatic carbocycles. The van der Waals surface area contributed by atoms with Crippen molar-refractivity contribution in [3.8, 4) is 0 Å². The second kappa shape index (κ2) is 6.11. The lowest BCUT2D eigenvalue weighted by molar-refractivity contribution is 0.0520. The lowest BCUT2D eigenvalue weighted by atomic mass is 10.1. The van der Waals surface area contributed by atoms with Crippen LogP contribution in [-0.2, 0) is 4.74 Å². The minimum Gasteiger partial charge on any atom is -0.444 e. The maximum absolute atomic E-state index is 11.6. The van der Waals surface area contributed by atoms with E-state index < -0.39 is 5.60 Å². The van der Waals surface area contributed by atoms with Crippen molar-refractivity contribution in [1.29, 1.82) is 0 Å². The number of nitrogens with zero attached hydrogens (tertiary/aromatic N) is 2. The first-order valence-electron chi connectivity index (χ1n) is 7.07. The zero-order valence-electron chi connectivity index (χ0n) is 12.4. The molecule has 2 rings (SSSR count). The molecule has 1 aliphatic rings. The molecule has 20 heavy (non-hydrogen) atoms. The van der Waals surface area contributed by atoms with Gasteiger partial charge in [-0.15, -0.1) is 0 Å². The van der Waals surface area contributed by atoms with E-state index in [4.69, 9.17) is 4.74 Å². The van der Waals surface area contributed by atoms with Crippen molar-refractivity contribution in [2.75, 3.05) is 24.5 Å². The molecular weight excluding hydrogens is 254 g/mol. The van der Waals surface area contributed by atoms with E-state index in [1.54, 1.807) is 0 Å². The maximum atomic E-state index is 11.6. The number of carbonyl (C=O) groups excluding carboxylic acids is 1. The van der Waals surface area contributed by atoms with Crippen LogP contribution in [0.2, 0.25) is 0 Å². The SMILES string of the molecule is CC(C)(C)OC(=O)NC[C@H]1CCN(c2ccccn2)C1. The van der Waals surface area contributed by atoms with Gasteiger partial charge in [-0.3, -0.25) is 0 Å². The second-order valence-corrected chi connectivity index (χ2v) is 6.17. The van der Waals surface area contributed by atoms with Crippen molar-refractivity contribution in [1.82, 2.24) is 10.3 Å². The molecule has 110 valence electrons. The Morgan fingerprint density at radius 1 is 1.50 bits per heavy atom. The molecule has 1 aliphatic heterocycles. The molecule has 1 aromatic heterocycles. The molecule has 1 aromatic rings. The number of carbonyl (C=O) groups is 1. The molecule has 1 atom stereocenters. The van der Waals surface area contributed by atoms with Gasteiger partial charge in [0.05, 0.1) is 0 Å². The molecule has 1 N–H and O–H groups in total. The molecule has 0 bridgehead atoms. The number of pyridine rings is 1. The van der Waals surface area contributed by atoms with Crippen LogP contribution >= 0.6 is 0 Å². The molecule has 1 saturated heterocycles. The normalized spacial score (nSPS) is 18.9. The lowest BCUT2D eigenvalue weighted by Gasteiger charge is -2.21. The number of nitrogens with one attached hydrogen (secondary N) is 1. The highest BCUT2D eigenvalue weighted by Gasteiger charge is 2.24. The van der Waals surface area contributed by atoms with E-state index in [9.17, 15) is 4.79 Å². The van der Waals surface area contributed by atoms with Gasteiger partial charge in [-0.25, -0.2) is 9.78 Å². The van der Waals surface area contributed by atoms with Crippen LogP contribution in [0.4, 0.5) is 10.6 Å². The van der Waals surface area contributed by atoms with E-state index in [1.165, 1.54) is 0 Å². The second-order valence-electron chi connectivity index (χ2n) is 6.17. The first-order valence-corrected chi connectivity index (χ1v) is 7.07. The summed E-state index contributed by atoms with van der Waals surface area (Å²) in [4.78, 5) is 18.2. The average molecular weight is 277 g/mol. The Hall–Kier alpha value is -1.78. The molecule has 1 amide bonds. The fourth-order valence-electron chi connectivity index (χ4n) is 2.29. The summed E-state index contributed by atoms with van der Waals surface area (Å²) in [6.07, 6.45) is 2.53. The van der Waals surface area contributed by atoms with Crippen LogP contribution in [0.25, 0.3) is 0 Å². The van der Waals surface area contributed by atoms with E-state index >= 15 is 0 Å². The first kappa shape index (κ1) is 14.6. The summed E-state index contributed by atoms with van der Waals surface area (Å²) >= 11 is 0.